The Morgan fingerprint density at radius 1 is 1.20 bits per heavy atom. The van der Waals surface area contributed by atoms with Gasteiger partial charge in [0.25, 0.3) is 0 Å². The summed E-state index contributed by atoms with van der Waals surface area (Å²) in [6.07, 6.45) is 13.0. The molecule has 1 aliphatic heterocycles. The molecular weight excluding hydrogens is 372 g/mol. The first-order chi connectivity index (χ1) is 14.3. The van der Waals surface area contributed by atoms with E-state index < -0.39 is 0 Å². The minimum Gasteiger partial charge on any atom is -0.494 e. The highest BCUT2D eigenvalue weighted by molar-refractivity contribution is 5.30. The van der Waals surface area contributed by atoms with Crippen LogP contribution in [-0.4, -0.2) is 29.0 Å². The molecule has 30 heavy (non-hydrogen) atoms. The lowest BCUT2D eigenvalue weighted by Gasteiger charge is -2.57. The summed E-state index contributed by atoms with van der Waals surface area (Å²) in [6.45, 7) is 9.83. The van der Waals surface area contributed by atoms with E-state index in [1.165, 1.54) is 43.4 Å². The van der Waals surface area contributed by atoms with Crippen molar-refractivity contribution in [1.29, 1.82) is 0 Å². The maximum Gasteiger partial charge on any atom is 0.106 e. The summed E-state index contributed by atoms with van der Waals surface area (Å²) in [4.78, 5) is 0. The van der Waals surface area contributed by atoms with Gasteiger partial charge in [-0.3, -0.25) is 0 Å². The Labute approximate surface area is 183 Å². The van der Waals surface area contributed by atoms with Crippen molar-refractivity contribution >= 4 is 0 Å². The standard InChI is InChI=1S/C27H42O3/c1-16(15-28)5-8-23-17(2)25-24(30-23)14-22-20-7-6-18-13-19(29)9-11-26(18,3)21(20)10-12-27(22,25)4/h6,16,19-22,24-25,28-29H,5,7-15H2,1-4H3/t16-,19+,20+,21-,22+,24-,25-,26-,27-/m0/s1. The molecule has 5 rings (SSSR count). The van der Waals surface area contributed by atoms with Crippen molar-refractivity contribution < 1.29 is 14.9 Å². The molecule has 5 aliphatic rings. The van der Waals surface area contributed by atoms with Crippen LogP contribution in [0.15, 0.2) is 23.0 Å². The molecule has 0 unspecified atom stereocenters. The lowest BCUT2D eigenvalue weighted by Crippen LogP contribution is -2.50. The van der Waals surface area contributed by atoms with Crippen LogP contribution < -0.4 is 0 Å². The summed E-state index contributed by atoms with van der Waals surface area (Å²) in [5.41, 5.74) is 3.78. The lowest BCUT2D eigenvalue weighted by atomic mass is 9.47. The van der Waals surface area contributed by atoms with Crippen molar-refractivity contribution in [1.82, 2.24) is 0 Å². The van der Waals surface area contributed by atoms with E-state index in [0.717, 1.165) is 43.4 Å². The molecule has 3 saturated carbocycles. The van der Waals surface area contributed by atoms with Gasteiger partial charge in [-0.05, 0) is 98.4 Å². The van der Waals surface area contributed by atoms with Gasteiger partial charge in [-0.15, -0.1) is 0 Å². The molecule has 3 heteroatoms. The van der Waals surface area contributed by atoms with Gasteiger partial charge in [-0.2, -0.15) is 0 Å². The molecule has 3 nitrogen and oxygen atoms in total. The van der Waals surface area contributed by atoms with Gasteiger partial charge >= 0.3 is 0 Å². The normalized spacial score (nSPS) is 48.3. The molecule has 1 heterocycles. The van der Waals surface area contributed by atoms with Crippen LogP contribution in [0.25, 0.3) is 0 Å². The van der Waals surface area contributed by atoms with Gasteiger partial charge in [-0.25, -0.2) is 0 Å². The van der Waals surface area contributed by atoms with Gasteiger partial charge in [0, 0.05) is 18.9 Å². The first kappa shape index (κ1) is 21.1. The number of aliphatic hydroxyl groups is 2. The largest absolute Gasteiger partial charge is 0.494 e. The molecule has 9 atom stereocenters. The summed E-state index contributed by atoms with van der Waals surface area (Å²) in [5.74, 6) is 4.52. The minimum absolute atomic E-state index is 0.117. The summed E-state index contributed by atoms with van der Waals surface area (Å²) in [7, 11) is 0. The molecule has 4 aliphatic carbocycles. The second-order valence-corrected chi connectivity index (χ2v) is 12.0. The monoisotopic (exact) mass is 414 g/mol. The zero-order valence-corrected chi connectivity index (χ0v) is 19.5. The van der Waals surface area contributed by atoms with Crippen LogP contribution in [0.2, 0.25) is 0 Å². The second-order valence-electron chi connectivity index (χ2n) is 12.0. The third kappa shape index (κ3) is 2.98. The van der Waals surface area contributed by atoms with Crippen molar-refractivity contribution in [2.24, 2.45) is 40.4 Å². The molecule has 3 fully saturated rings. The quantitative estimate of drug-likeness (QED) is 0.587. The SMILES string of the molecule is CC1=C(CC[C@H](C)CO)O[C@H]2C[C@@H]3[C@@H]4CC=C5C[C@H](O)CC[C@]5(C)[C@H]4CC[C@]3(C)[C@@H]12. The number of rotatable bonds is 4. The number of fused-ring (bicyclic) bond motifs is 7. The van der Waals surface area contributed by atoms with Gasteiger partial charge in [0.1, 0.15) is 6.10 Å². The van der Waals surface area contributed by atoms with E-state index in [9.17, 15) is 10.2 Å². The Hall–Kier alpha value is -0.800. The van der Waals surface area contributed by atoms with Crippen molar-refractivity contribution in [3.8, 4) is 0 Å². The fraction of sp³-hybridized carbons (Fsp3) is 0.852. The first-order valence-electron chi connectivity index (χ1n) is 12.6. The maximum absolute atomic E-state index is 10.2. The summed E-state index contributed by atoms with van der Waals surface area (Å²) < 4.78 is 6.62. The van der Waals surface area contributed by atoms with Crippen molar-refractivity contribution in [2.75, 3.05) is 6.61 Å². The Kier molecular flexibility index (Phi) is 5.18. The second kappa shape index (κ2) is 7.37. The molecule has 0 aromatic heterocycles. The highest BCUT2D eigenvalue weighted by atomic mass is 16.5. The summed E-state index contributed by atoms with van der Waals surface area (Å²) in [5, 5.41) is 19.6. The molecule has 0 saturated heterocycles. The molecule has 0 aromatic carbocycles. The predicted octanol–water partition coefficient (Wildman–Crippen LogP) is 5.62. The van der Waals surface area contributed by atoms with Crippen molar-refractivity contribution in [3.05, 3.63) is 23.0 Å². The van der Waals surface area contributed by atoms with E-state index in [-0.39, 0.29) is 12.7 Å². The van der Waals surface area contributed by atoms with E-state index in [1.807, 2.05) is 0 Å². The maximum atomic E-state index is 10.2. The highest BCUT2D eigenvalue weighted by Crippen LogP contribution is 2.68. The van der Waals surface area contributed by atoms with Gasteiger partial charge in [0.05, 0.1) is 11.9 Å². The molecule has 0 bridgehead atoms. The number of aliphatic hydroxyl groups excluding tert-OH is 2. The summed E-state index contributed by atoms with van der Waals surface area (Å²) in [6, 6.07) is 0. The zero-order valence-electron chi connectivity index (χ0n) is 19.5. The molecule has 0 aromatic rings. The van der Waals surface area contributed by atoms with Crippen molar-refractivity contribution in [2.45, 2.75) is 97.7 Å². The van der Waals surface area contributed by atoms with Gasteiger partial charge in [0.2, 0.25) is 0 Å². The van der Waals surface area contributed by atoms with Gasteiger partial charge < -0.3 is 14.9 Å². The number of hydrogen-bond donors (Lipinski definition) is 2. The summed E-state index contributed by atoms with van der Waals surface area (Å²) >= 11 is 0. The first-order valence-corrected chi connectivity index (χ1v) is 12.6. The minimum atomic E-state index is -0.117. The van der Waals surface area contributed by atoms with E-state index in [2.05, 4.69) is 33.8 Å². The van der Waals surface area contributed by atoms with Gasteiger partial charge in [0.15, 0.2) is 0 Å². The van der Waals surface area contributed by atoms with Gasteiger partial charge in [-0.1, -0.05) is 32.4 Å². The smallest absolute Gasteiger partial charge is 0.106 e. The average molecular weight is 415 g/mol. The zero-order chi connectivity index (χ0) is 21.3. The van der Waals surface area contributed by atoms with Crippen molar-refractivity contribution in [3.63, 3.8) is 0 Å². The molecule has 0 amide bonds. The molecule has 0 spiro atoms. The van der Waals surface area contributed by atoms with Crippen LogP contribution in [0, 0.1) is 40.4 Å². The fourth-order valence-corrected chi connectivity index (χ4v) is 8.69. The Morgan fingerprint density at radius 3 is 2.77 bits per heavy atom. The van der Waals surface area contributed by atoms with Crippen LogP contribution in [0.1, 0.15) is 85.5 Å². The highest BCUT2D eigenvalue weighted by Gasteiger charge is 2.63. The third-order valence-electron chi connectivity index (χ3n) is 10.5. The third-order valence-corrected chi connectivity index (χ3v) is 10.5. The van der Waals surface area contributed by atoms with Crippen LogP contribution in [0.4, 0.5) is 0 Å². The van der Waals surface area contributed by atoms with Crippen LogP contribution >= 0.6 is 0 Å². The number of allylic oxidation sites excluding steroid dienone is 2. The molecule has 168 valence electrons. The Morgan fingerprint density at radius 2 is 2.00 bits per heavy atom. The van der Waals surface area contributed by atoms with Crippen LogP contribution in [0.5, 0.6) is 0 Å². The number of ether oxygens (including phenoxy) is 1. The fourth-order valence-electron chi connectivity index (χ4n) is 8.69. The average Bonchev–Trinajstić information content (AvgIpc) is 3.20. The van der Waals surface area contributed by atoms with Crippen LogP contribution in [0.3, 0.4) is 0 Å². The van der Waals surface area contributed by atoms with E-state index in [4.69, 9.17) is 4.74 Å². The molecule has 2 N–H and O–H groups in total. The predicted molar refractivity (Wildman–Crippen MR) is 120 cm³/mol. The van der Waals surface area contributed by atoms with E-state index in [0.29, 0.717) is 28.8 Å². The molecular formula is C27H42O3. The van der Waals surface area contributed by atoms with E-state index in [1.54, 1.807) is 5.57 Å². The van der Waals surface area contributed by atoms with Crippen LogP contribution in [-0.2, 0) is 4.74 Å². The number of hydrogen-bond acceptors (Lipinski definition) is 3. The Balaban J connectivity index is 1.38. The Bertz CT molecular complexity index is 753. The van der Waals surface area contributed by atoms with E-state index >= 15 is 0 Å². The lowest BCUT2D eigenvalue weighted by molar-refractivity contribution is -0.0454. The topological polar surface area (TPSA) is 49.7 Å². The molecule has 0 radical (unpaired) electrons.